The average molecular weight is 200 g/mol. The van der Waals surface area contributed by atoms with E-state index in [0.717, 1.165) is 12.6 Å². The Morgan fingerprint density at radius 1 is 1.21 bits per heavy atom. The van der Waals surface area contributed by atoms with Crippen molar-refractivity contribution in [3.8, 4) is 0 Å². The third-order valence-corrected chi connectivity index (χ3v) is 2.93. The summed E-state index contributed by atoms with van der Waals surface area (Å²) >= 11 is 0. The fourth-order valence-electron chi connectivity index (χ4n) is 1.58. The molecule has 0 aromatic heterocycles. The molecule has 14 heavy (non-hydrogen) atoms. The Morgan fingerprint density at radius 2 is 1.86 bits per heavy atom. The summed E-state index contributed by atoms with van der Waals surface area (Å²) in [4.78, 5) is 2.42. The normalized spacial score (nSPS) is 13.9. The van der Waals surface area contributed by atoms with Crippen LogP contribution >= 0.6 is 0 Å². The summed E-state index contributed by atoms with van der Waals surface area (Å²) in [5.74, 6) is 0. The smallest absolute Gasteiger partial charge is 0.00647 e. The van der Waals surface area contributed by atoms with Crippen LogP contribution in [0.4, 0.5) is 0 Å². The van der Waals surface area contributed by atoms with E-state index >= 15 is 0 Å². The molecule has 2 heteroatoms. The highest BCUT2D eigenvalue weighted by Gasteiger charge is 2.06. The second-order valence-corrected chi connectivity index (χ2v) is 4.38. The maximum Gasteiger partial charge on any atom is 0.00647 e. The van der Waals surface area contributed by atoms with Gasteiger partial charge >= 0.3 is 0 Å². The quantitative estimate of drug-likeness (QED) is 0.647. The van der Waals surface area contributed by atoms with Gasteiger partial charge in [0.05, 0.1) is 0 Å². The molecule has 0 radical (unpaired) electrons. The summed E-state index contributed by atoms with van der Waals surface area (Å²) in [7, 11) is 2.21. The predicted molar refractivity (Wildman–Crippen MR) is 64.8 cm³/mol. The maximum absolute atomic E-state index is 3.52. The molecule has 1 atom stereocenters. The van der Waals surface area contributed by atoms with E-state index in [9.17, 15) is 0 Å². The zero-order valence-corrected chi connectivity index (χ0v) is 10.6. The molecule has 0 rings (SSSR count). The Hall–Kier alpha value is -0.0800. The van der Waals surface area contributed by atoms with Gasteiger partial charge in [0.1, 0.15) is 0 Å². The number of nitrogens with zero attached hydrogens (tertiary/aromatic N) is 1. The highest BCUT2D eigenvalue weighted by atomic mass is 15.1. The number of hydrogen-bond donors (Lipinski definition) is 1. The molecule has 86 valence electrons. The molecule has 1 N–H and O–H groups in total. The first-order chi connectivity index (χ1) is 6.61. The highest BCUT2D eigenvalue weighted by Crippen LogP contribution is 2.04. The second kappa shape index (κ2) is 8.25. The lowest BCUT2D eigenvalue weighted by atomic mass is 10.1. The fraction of sp³-hybridized carbons (Fsp3) is 1.00. The monoisotopic (exact) mass is 200 g/mol. The molecular formula is C12H28N2. The Kier molecular flexibility index (Phi) is 8.20. The third-order valence-electron chi connectivity index (χ3n) is 2.93. The van der Waals surface area contributed by atoms with E-state index in [2.05, 4.69) is 45.0 Å². The zero-order valence-electron chi connectivity index (χ0n) is 10.6. The lowest BCUT2D eigenvalue weighted by Gasteiger charge is -2.22. The summed E-state index contributed by atoms with van der Waals surface area (Å²) in [5, 5.41) is 3.52. The topological polar surface area (TPSA) is 15.3 Å². The molecule has 0 saturated carbocycles. The van der Waals surface area contributed by atoms with Crippen molar-refractivity contribution in [2.24, 2.45) is 0 Å². The standard InChI is InChI=1S/C12H28N2/c1-6-12(13-7-2)9-8-10-14(5)11(3)4/h11-13H,6-10H2,1-5H3. The van der Waals surface area contributed by atoms with Crippen molar-refractivity contribution in [3.63, 3.8) is 0 Å². The molecule has 1 unspecified atom stereocenters. The van der Waals surface area contributed by atoms with Crippen LogP contribution < -0.4 is 5.32 Å². The van der Waals surface area contributed by atoms with Crippen LogP contribution in [0.25, 0.3) is 0 Å². The van der Waals surface area contributed by atoms with Gasteiger partial charge < -0.3 is 10.2 Å². The number of rotatable bonds is 8. The van der Waals surface area contributed by atoms with Gasteiger partial charge in [-0.15, -0.1) is 0 Å². The Morgan fingerprint density at radius 3 is 2.29 bits per heavy atom. The van der Waals surface area contributed by atoms with Gasteiger partial charge in [0.25, 0.3) is 0 Å². The first kappa shape index (κ1) is 13.9. The van der Waals surface area contributed by atoms with Gasteiger partial charge in [0.2, 0.25) is 0 Å². The van der Waals surface area contributed by atoms with Crippen molar-refractivity contribution in [1.29, 1.82) is 0 Å². The molecular weight excluding hydrogens is 172 g/mol. The van der Waals surface area contributed by atoms with Gasteiger partial charge in [0.15, 0.2) is 0 Å². The van der Waals surface area contributed by atoms with Gasteiger partial charge in [-0.1, -0.05) is 13.8 Å². The van der Waals surface area contributed by atoms with Crippen LogP contribution in [0.5, 0.6) is 0 Å². The predicted octanol–water partition coefficient (Wildman–Crippen LogP) is 2.49. The summed E-state index contributed by atoms with van der Waals surface area (Å²) < 4.78 is 0. The number of hydrogen-bond acceptors (Lipinski definition) is 2. The average Bonchev–Trinajstić information content (AvgIpc) is 2.16. The molecule has 0 bridgehead atoms. The molecule has 0 spiro atoms. The highest BCUT2D eigenvalue weighted by molar-refractivity contribution is 4.65. The zero-order chi connectivity index (χ0) is 11.0. The van der Waals surface area contributed by atoms with Crippen LogP contribution in [0.3, 0.4) is 0 Å². The van der Waals surface area contributed by atoms with Crippen molar-refractivity contribution in [2.75, 3.05) is 20.1 Å². The van der Waals surface area contributed by atoms with E-state index in [0.29, 0.717) is 6.04 Å². The van der Waals surface area contributed by atoms with Gasteiger partial charge in [-0.25, -0.2) is 0 Å². The van der Waals surface area contributed by atoms with E-state index in [-0.39, 0.29) is 0 Å². The van der Waals surface area contributed by atoms with Crippen LogP contribution in [-0.2, 0) is 0 Å². The summed E-state index contributed by atoms with van der Waals surface area (Å²) in [6.07, 6.45) is 3.86. The van der Waals surface area contributed by atoms with Crippen LogP contribution in [0, 0.1) is 0 Å². The minimum absolute atomic E-state index is 0.675. The molecule has 0 heterocycles. The van der Waals surface area contributed by atoms with Crippen LogP contribution in [0.15, 0.2) is 0 Å². The summed E-state index contributed by atoms with van der Waals surface area (Å²) in [6, 6.07) is 1.40. The first-order valence-corrected chi connectivity index (χ1v) is 6.05. The van der Waals surface area contributed by atoms with E-state index < -0.39 is 0 Å². The van der Waals surface area contributed by atoms with E-state index in [1.165, 1.54) is 25.8 Å². The van der Waals surface area contributed by atoms with E-state index in [1.54, 1.807) is 0 Å². The van der Waals surface area contributed by atoms with E-state index in [4.69, 9.17) is 0 Å². The van der Waals surface area contributed by atoms with Gasteiger partial charge in [0, 0.05) is 12.1 Å². The second-order valence-electron chi connectivity index (χ2n) is 4.38. The Balaban J connectivity index is 3.50. The Labute approximate surface area is 90.1 Å². The van der Waals surface area contributed by atoms with Crippen LogP contribution in [0.1, 0.15) is 47.0 Å². The van der Waals surface area contributed by atoms with E-state index in [1.807, 2.05) is 0 Å². The van der Waals surface area contributed by atoms with Crippen molar-refractivity contribution < 1.29 is 0 Å². The molecule has 0 aromatic carbocycles. The summed E-state index contributed by atoms with van der Waals surface area (Å²) in [5.41, 5.74) is 0. The molecule has 0 aromatic rings. The maximum atomic E-state index is 3.52. The van der Waals surface area contributed by atoms with Crippen molar-refractivity contribution in [3.05, 3.63) is 0 Å². The molecule has 0 aliphatic carbocycles. The number of nitrogens with one attached hydrogen (secondary N) is 1. The molecule has 0 aliphatic rings. The first-order valence-electron chi connectivity index (χ1n) is 6.05. The van der Waals surface area contributed by atoms with Gasteiger partial charge in [-0.2, -0.15) is 0 Å². The molecule has 0 saturated heterocycles. The fourth-order valence-corrected chi connectivity index (χ4v) is 1.58. The van der Waals surface area contributed by atoms with Crippen molar-refractivity contribution >= 4 is 0 Å². The lowest BCUT2D eigenvalue weighted by molar-refractivity contribution is 0.262. The lowest BCUT2D eigenvalue weighted by Crippen LogP contribution is -2.31. The third kappa shape index (κ3) is 6.39. The van der Waals surface area contributed by atoms with Crippen molar-refractivity contribution in [1.82, 2.24) is 10.2 Å². The molecule has 0 fully saturated rings. The van der Waals surface area contributed by atoms with Crippen molar-refractivity contribution in [2.45, 2.75) is 59.0 Å². The SMILES string of the molecule is CCNC(CC)CCCN(C)C(C)C. The largest absolute Gasteiger partial charge is 0.314 e. The summed E-state index contributed by atoms with van der Waals surface area (Å²) in [6.45, 7) is 11.3. The minimum Gasteiger partial charge on any atom is -0.314 e. The molecule has 0 amide bonds. The Bertz CT molecular complexity index is 123. The molecule has 2 nitrogen and oxygen atoms in total. The molecule has 0 aliphatic heterocycles. The van der Waals surface area contributed by atoms with Gasteiger partial charge in [-0.3, -0.25) is 0 Å². The van der Waals surface area contributed by atoms with Crippen LogP contribution in [-0.4, -0.2) is 37.1 Å². The van der Waals surface area contributed by atoms with Gasteiger partial charge in [-0.05, 0) is 53.2 Å². The minimum atomic E-state index is 0.675. The van der Waals surface area contributed by atoms with Crippen LogP contribution in [0.2, 0.25) is 0 Å².